The lowest BCUT2D eigenvalue weighted by Gasteiger charge is -2.23. The first kappa shape index (κ1) is 14.3. The van der Waals surface area contributed by atoms with Gasteiger partial charge < -0.3 is 5.32 Å². The quantitative estimate of drug-likeness (QED) is 0.893. The second kappa shape index (κ2) is 5.13. The minimum atomic E-state index is -3.30. The minimum Gasteiger partial charge on any atom is -0.312 e. The van der Waals surface area contributed by atoms with Crippen LogP contribution in [-0.4, -0.2) is 20.7 Å². The Morgan fingerprint density at radius 2 is 2.05 bits per heavy atom. The fourth-order valence-corrected chi connectivity index (χ4v) is 4.12. The van der Waals surface area contributed by atoms with E-state index < -0.39 is 10.0 Å². The van der Waals surface area contributed by atoms with Gasteiger partial charge >= 0.3 is 0 Å². The summed E-state index contributed by atoms with van der Waals surface area (Å²) >= 11 is 0. The molecule has 5 heteroatoms. The molecular weight excluding hydrogens is 260 g/mol. The number of hydrogen-bond acceptors (Lipinski definition) is 3. The van der Waals surface area contributed by atoms with Crippen LogP contribution < -0.4 is 10.0 Å². The highest BCUT2D eigenvalue weighted by Gasteiger charge is 2.23. The lowest BCUT2D eigenvalue weighted by atomic mass is 10.00. The van der Waals surface area contributed by atoms with Crippen molar-refractivity contribution in [2.45, 2.75) is 33.7 Å². The second-order valence-corrected chi connectivity index (χ2v) is 8.01. The van der Waals surface area contributed by atoms with Crippen molar-refractivity contribution in [2.75, 3.05) is 17.0 Å². The van der Waals surface area contributed by atoms with Gasteiger partial charge in [-0.25, -0.2) is 8.42 Å². The topological polar surface area (TPSA) is 58.2 Å². The SMILES string of the molecule is CC(C)(C)CS(=O)(=O)Nc1cccc2c1CNCC2. The second-order valence-electron chi connectivity index (χ2n) is 6.29. The van der Waals surface area contributed by atoms with Gasteiger partial charge in [0, 0.05) is 6.54 Å². The van der Waals surface area contributed by atoms with Crippen LogP contribution in [0.15, 0.2) is 18.2 Å². The van der Waals surface area contributed by atoms with Crippen LogP contribution in [0.3, 0.4) is 0 Å². The maximum absolute atomic E-state index is 12.2. The van der Waals surface area contributed by atoms with Crippen molar-refractivity contribution >= 4 is 15.7 Å². The zero-order valence-corrected chi connectivity index (χ0v) is 12.6. The van der Waals surface area contributed by atoms with Crippen molar-refractivity contribution in [2.24, 2.45) is 5.41 Å². The van der Waals surface area contributed by atoms with Gasteiger partial charge in [-0.15, -0.1) is 0 Å². The van der Waals surface area contributed by atoms with E-state index in [4.69, 9.17) is 0 Å². The lowest BCUT2D eigenvalue weighted by Crippen LogP contribution is -2.29. The molecule has 2 rings (SSSR count). The summed E-state index contributed by atoms with van der Waals surface area (Å²) in [6.45, 7) is 7.45. The lowest BCUT2D eigenvalue weighted by molar-refractivity contribution is 0.463. The van der Waals surface area contributed by atoms with Gasteiger partial charge in [-0.3, -0.25) is 4.72 Å². The van der Waals surface area contributed by atoms with Crippen LogP contribution in [-0.2, 0) is 23.0 Å². The van der Waals surface area contributed by atoms with Gasteiger partial charge in [0.15, 0.2) is 0 Å². The van der Waals surface area contributed by atoms with Gasteiger partial charge in [0.2, 0.25) is 10.0 Å². The van der Waals surface area contributed by atoms with Crippen molar-refractivity contribution < 1.29 is 8.42 Å². The molecule has 0 spiro atoms. The first-order valence-electron chi connectivity index (χ1n) is 6.59. The molecule has 0 amide bonds. The summed E-state index contributed by atoms with van der Waals surface area (Å²) in [6, 6.07) is 5.82. The Labute approximate surface area is 115 Å². The molecule has 1 aromatic carbocycles. The van der Waals surface area contributed by atoms with Crippen molar-refractivity contribution in [1.82, 2.24) is 5.32 Å². The van der Waals surface area contributed by atoms with E-state index in [-0.39, 0.29) is 11.2 Å². The smallest absolute Gasteiger partial charge is 0.233 e. The molecule has 4 nitrogen and oxygen atoms in total. The fourth-order valence-electron chi connectivity index (χ4n) is 2.38. The monoisotopic (exact) mass is 282 g/mol. The Kier molecular flexibility index (Phi) is 3.87. The van der Waals surface area contributed by atoms with Crippen LogP contribution in [0, 0.1) is 5.41 Å². The largest absolute Gasteiger partial charge is 0.312 e. The number of hydrogen-bond donors (Lipinski definition) is 2. The molecule has 0 unspecified atom stereocenters. The minimum absolute atomic E-state index is 0.122. The Morgan fingerprint density at radius 3 is 2.74 bits per heavy atom. The Bertz CT molecular complexity index is 559. The van der Waals surface area contributed by atoms with Crippen LogP contribution in [0.5, 0.6) is 0 Å². The number of sulfonamides is 1. The summed E-state index contributed by atoms with van der Waals surface area (Å²) in [6.07, 6.45) is 0.949. The molecule has 2 N–H and O–H groups in total. The molecule has 0 saturated carbocycles. The zero-order valence-electron chi connectivity index (χ0n) is 11.8. The van der Waals surface area contributed by atoms with Gasteiger partial charge in [0.05, 0.1) is 11.4 Å². The van der Waals surface area contributed by atoms with E-state index in [1.54, 1.807) is 0 Å². The summed E-state index contributed by atoms with van der Waals surface area (Å²) in [5.74, 6) is 0.122. The standard InChI is InChI=1S/C14H22N2O2S/c1-14(2,3)10-19(17,18)16-13-6-4-5-11-7-8-15-9-12(11)13/h4-6,15-16H,7-10H2,1-3H3. The highest BCUT2D eigenvalue weighted by molar-refractivity contribution is 7.92. The van der Waals surface area contributed by atoms with E-state index in [1.165, 1.54) is 5.56 Å². The van der Waals surface area contributed by atoms with Crippen molar-refractivity contribution in [3.8, 4) is 0 Å². The van der Waals surface area contributed by atoms with E-state index in [2.05, 4.69) is 16.1 Å². The van der Waals surface area contributed by atoms with E-state index >= 15 is 0 Å². The van der Waals surface area contributed by atoms with Gasteiger partial charge in [-0.05, 0) is 35.6 Å². The zero-order chi connectivity index (χ0) is 14.1. The first-order valence-corrected chi connectivity index (χ1v) is 8.24. The molecule has 1 heterocycles. The molecule has 0 aromatic heterocycles. The first-order chi connectivity index (χ1) is 8.77. The van der Waals surface area contributed by atoms with Gasteiger partial charge in [0.25, 0.3) is 0 Å². The normalized spacial score (nSPS) is 15.9. The fraction of sp³-hybridized carbons (Fsp3) is 0.571. The summed E-state index contributed by atoms with van der Waals surface area (Å²) in [4.78, 5) is 0. The summed E-state index contributed by atoms with van der Waals surface area (Å²) < 4.78 is 27.1. The Hall–Kier alpha value is -1.07. The van der Waals surface area contributed by atoms with Crippen molar-refractivity contribution in [1.29, 1.82) is 0 Å². The van der Waals surface area contributed by atoms with Crippen LogP contribution in [0.4, 0.5) is 5.69 Å². The number of anilines is 1. The van der Waals surface area contributed by atoms with Crippen molar-refractivity contribution in [3.05, 3.63) is 29.3 Å². The van der Waals surface area contributed by atoms with Gasteiger partial charge in [-0.1, -0.05) is 32.9 Å². The molecule has 0 aliphatic carbocycles. The number of rotatable bonds is 3. The third-order valence-corrected chi connectivity index (χ3v) is 4.81. The summed E-state index contributed by atoms with van der Waals surface area (Å²) in [5, 5.41) is 3.28. The molecule has 0 bridgehead atoms. The number of fused-ring (bicyclic) bond motifs is 1. The molecule has 19 heavy (non-hydrogen) atoms. The molecule has 0 atom stereocenters. The number of nitrogens with one attached hydrogen (secondary N) is 2. The molecule has 1 aliphatic rings. The highest BCUT2D eigenvalue weighted by Crippen LogP contribution is 2.25. The third kappa shape index (κ3) is 3.94. The highest BCUT2D eigenvalue weighted by atomic mass is 32.2. The van der Waals surface area contributed by atoms with E-state index in [1.807, 2.05) is 32.9 Å². The van der Waals surface area contributed by atoms with E-state index in [0.717, 1.165) is 25.1 Å². The van der Waals surface area contributed by atoms with Crippen LogP contribution in [0.1, 0.15) is 31.9 Å². The van der Waals surface area contributed by atoms with Crippen LogP contribution >= 0.6 is 0 Å². The number of benzene rings is 1. The Morgan fingerprint density at radius 1 is 1.32 bits per heavy atom. The average Bonchev–Trinajstić information content (AvgIpc) is 2.25. The third-order valence-electron chi connectivity index (χ3n) is 3.03. The summed E-state index contributed by atoms with van der Waals surface area (Å²) in [7, 11) is -3.30. The predicted molar refractivity (Wildman–Crippen MR) is 78.7 cm³/mol. The molecule has 106 valence electrons. The van der Waals surface area contributed by atoms with Gasteiger partial charge in [-0.2, -0.15) is 0 Å². The maximum Gasteiger partial charge on any atom is 0.233 e. The maximum atomic E-state index is 12.2. The summed E-state index contributed by atoms with van der Waals surface area (Å²) in [5.41, 5.74) is 2.77. The molecule has 0 fully saturated rings. The molecule has 0 radical (unpaired) electrons. The van der Waals surface area contributed by atoms with Crippen molar-refractivity contribution in [3.63, 3.8) is 0 Å². The van der Waals surface area contributed by atoms with Crippen LogP contribution in [0.25, 0.3) is 0 Å². The average molecular weight is 282 g/mol. The molecule has 1 aromatic rings. The molecule has 1 aliphatic heterocycles. The van der Waals surface area contributed by atoms with Crippen LogP contribution in [0.2, 0.25) is 0 Å². The Balaban J connectivity index is 2.24. The van der Waals surface area contributed by atoms with E-state index in [0.29, 0.717) is 5.69 Å². The predicted octanol–water partition coefficient (Wildman–Crippen LogP) is 2.12. The van der Waals surface area contributed by atoms with E-state index in [9.17, 15) is 8.42 Å². The molecular formula is C14H22N2O2S. The van der Waals surface area contributed by atoms with Gasteiger partial charge in [0.1, 0.15) is 0 Å². The molecule has 0 saturated heterocycles.